The van der Waals surface area contributed by atoms with Gasteiger partial charge < -0.3 is 4.74 Å². The molecule has 0 radical (unpaired) electrons. The van der Waals surface area contributed by atoms with Gasteiger partial charge in [0.15, 0.2) is 0 Å². The van der Waals surface area contributed by atoms with Crippen molar-refractivity contribution in [1.29, 1.82) is 0 Å². The van der Waals surface area contributed by atoms with Gasteiger partial charge in [0.2, 0.25) is 0 Å². The van der Waals surface area contributed by atoms with Crippen LogP contribution in [0.1, 0.15) is 12.5 Å². The van der Waals surface area contributed by atoms with Crippen LogP contribution in [-0.2, 0) is 14.3 Å². The second-order valence-electron chi connectivity index (χ2n) is 6.00. The lowest BCUT2D eigenvalue weighted by atomic mass is 10.0. The Labute approximate surface area is 177 Å². The zero-order chi connectivity index (χ0) is 20.4. The van der Waals surface area contributed by atoms with Gasteiger partial charge in [-0.25, -0.2) is 4.79 Å². The van der Waals surface area contributed by atoms with E-state index in [9.17, 15) is 9.59 Å². The van der Waals surface area contributed by atoms with Crippen LogP contribution < -0.4 is 4.90 Å². The quantitative estimate of drug-likeness (QED) is 0.358. The van der Waals surface area contributed by atoms with Crippen molar-refractivity contribution in [2.24, 2.45) is 0 Å². The van der Waals surface area contributed by atoms with Gasteiger partial charge in [-0.15, -0.1) is 11.8 Å². The van der Waals surface area contributed by atoms with Gasteiger partial charge in [-0.1, -0.05) is 41.4 Å². The number of carbonyl (C=O) groups is 2. The largest absolute Gasteiger partial charge is 0.465 e. The third kappa shape index (κ3) is 3.70. The summed E-state index contributed by atoms with van der Waals surface area (Å²) >= 11 is 13.9. The number of hydrogen-bond acceptors (Lipinski definition) is 4. The lowest BCUT2D eigenvalue weighted by Crippen LogP contribution is -2.24. The molecule has 1 aliphatic rings. The number of thioether (sulfide) groups is 1. The standard InChI is InChI=1S/C21H17Cl2NO3S/c1-12-18(21(26)27-2)16(10-13-6-4-9-17(22)19(13)23)20(25)24(12)14-7-5-8-15(11-14)28-3/h4-11H,1-3H3/b16-10-. The fourth-order valence-electron chi connectivity index (χ4n) is 3.03. The van der Waals surface area contributed by atoms with Crippen molar-refractivity contribution in [3.05, 3.63) is 74.9 Å². The summed E-state index contributed by atoms with van der Waals surface area (Å²) in [5.74, 6) is -0.911. The monoisotopic (exact) mass is 433 g/mol. The van der Waals surface area contributed by atoms with Crippen molar-refractivity contribution in [1.82, 2.24) is 0 Å². The van der Waals surface area contributed by atoms with E-state index in [2.05, 4.69) is 0 Å². The number of methoxy groups -OCH3 is 1. The van der Waals surface area contributed by atoms with Crippen LogP contribution in [0.15, 0.2) is 64.2 Å². The van der Waals surface area contributed by atoms with E-state index in [1.54, 1.807) is 43.0 Å². The summed E-state index contributed by atoms with van der Waals surface area (Å²) < 4.78 is 4.92. The number of ether oxygens (including phenoxy) is 1. The molecule has 3 rings (SSSR count). The van der Waals surface area contributed by atoms with E-state index >= 15 is 0 Å². The lowest BCUT2D eigenvalue weighted by Gasteiger charge is -2.18. The molecule has 7 heteroatoms. The average Bonchev–Trinajstić information content (AvgIpc) is 2.94. The summed E-state index contributed by atoms with van der Waals surface area (Å²) in [7, 11) is 1.29. The highest BCUT2D eigenvalue weighted by Gasteiger charge is 2.38. The minimum Gasteiger partial charge on any atom is -0.465 e. The molecule has 0 N–H and O–H groups in total. The van der Waals surface area contributed by atoms with Crippen LogP contribution in [0.25, 0.3) is 6.08 Å². The fraction of sp³-hybridized carbons (Fsp3) is 0.143. The Kier molecular flexibility index (Phi) is 6.18. The minimum atomic E-state index is -0.584. The number of nitrogens with zero attached hydrogens (tertiary/aromatic N) is 1. The van der Waals surface area contributed by atoms with Gasteiger partial charge in [-0.05, 0) is 49.1 Å². The average molecular weight is 434 g/mol. The van der Waals surface area contributed by atoms with Gasteiger partial charge in [-0.2, -0.15) is 0 Å². The van der Waals surface area contributed by atoms with Crippen LogP contribution >= 0.6 is 35.0 Å². The van der Waals surface area contributed by atoms with E-state index in [4.69, 9.17) is 27.9 Å². The number of rotatable bonds is 4. The van der Waals surface area contributed by atoms with E-state index in [1.165, 1.54) is 12.0 Å². The molecule has 0 unspecified atom stereocenters. The lowest BCUT2D eigenvalue weighted by molar-refractivity contribution is -0.136. The van der Waals surface area contributed by atoms with E-state index in [1.807, 2.05) is 30.5 Å². The van der Waals surface area contributed by atoms with Crippen LogP contribution in [0.5, 0.6) is 0 Å². The van der Waals surface area contributed by atoms with E-state index < -0.39 is 5.97 Å². The molecule has 1 heterocycles. The zero-order valence-electron chi connectivity index (χ0n) is 15.5. The first-order chi connectivity index (χ1) is 13.4. The Hall–Kier alpha value is -2.21. The fourth-order valence-corrected chi connectivity index (χ4v) is 3.84. The van der Waals surface area contributed by atoms with Crippen molar-refractivity contribution in [2.45, 2.75) is 11.8 Å². The Morgan fingerprint density at radius 2 is 1.89 bits per heavy atom. The summed E-state index contributed by atoms with van der Waals surface area (Å²) in [6, 6.07) is 12.7. The van der Waals surface area contributed by atoms with Crippen LogP contribution in [0.4, 0.5) is 5.69 Å². The highest BCUT2D eigenvalue weighted by atomic mass is 35.5. The molecular formula is C21H17Cl2NO3S. The Bertz CT molecular complexity index is 1030. The minimum absolute atomic E-state index is 0.207. The summed E-state index contributed by atoms with van der Waals surface area (Å²) in [5, 5.41) is 0.681. The van der Waals surface area contributed by atoms with Gasteiger partial charge in [0.25, 0.3) is 5.91 Å². The number of benzene rings is 2. The molecule has 1 amide bonds. The van der Waals surface area contributed by atoms with Crippen LogP contribution in [0.2, 0.25) is 10.0 Å². The number of halogens is 2. The van der Waals surface area contributed by atoms with Gasteiger partial charge in [-0.3, -0.25) is 9.69 Å². The topological polar surface area (TPSA) is 46.6 Å². The second kappa shape index (κ2) is 8.43. The molecule has 0 aliphatic carbocycles. The third-order valence-electron chi connectivity index (χ3n) is 4.38. The normalized spacial score (nSPS) is 15.5. The molecule has 0 bridgehead atoms. The smallest absolute Gasteiger partial charge is 0.340 e. The van der Waals surface area contributed by atoms with Crippen LogP contribution in [-0.4, -0.2) is 25.2 Å². The van der Waals surface area contributed by atoms with E-state index in [-0.39, 0.29) is 17.1 Å². The van der Waals surface area contributed by atoms with Gasteiger partial charge in [0.1, 0.15) is 0 Å². The summed E-state index contributed by atoms with van der Waals surface area (Å²) in [4.78, 5) is 28.2. The number of hydrogen-bond donors (Lipinski definition) is 0. The SMILES string of the molecule is COC(=O)C1=C(C)N(c2cccc(SC)c2)C(=O)/C1=C\c1cccc(Cl)c1Cl. The molecule has 0 atom stereocenters. The molecule has 2 aromatic carbocycles. The number of allylic oxidation sites excluding steroid dienone is 1. The van der Waals surface area contributed by atoms with E-state index in [0.29, 0.717) is 27.0 Å². The summed E-state index contributed by atoms with van der Waals surface area (Å²) in [6.07, 6.45) is 3.53. The van der Waals surface area contributed by atoms with Crippen LogP contribution in [0, 0.1) is 0 Å². The van der Waals surface area contributed by atoms with Crippen molar-refractivity contribution in [3.63, 3.8) is 0 Å². The zero-order valence-corrected chi connectivity index (χ0v) is 17.8. The number of amides is 1. The maximum absolute atomic E-state index is 13.3. The van der Waals surface area contributed by atoms with Gasteiger partial charge in [0, 0.05) is 10.6 Å². The maximum Gasteiger partial charge on any atom is 0.340 e. The molecule has 0 spiro atoms. The van der Waals surface area contributed by atoms with E-state index in [0.717, 1.165) is 4.90 Å². The molecule has 144 valence electrons. The number of carbonyl (C=O) groups excluding carboxylic acids is 2. The Balaban J connectivity index is 2.18. The van der Waals surface area contributed by atoms with Crippen molar-refractivity contribution >= 4 is 58.6 Å². The molecule has 28 heavy (non-hydrogen) atoms. The molecule has 0 saturated carbocycles. The Morgan fingerprint density at radius 1 is 1.18 bits per heavy atom. The first-order valence-corrected chi connectivity index (χ1v) is 10.3. The Morgan fingerprint density at radius 3 is 2.57 bits per heavy atom. The molecule has 1 aliphatic heterocycles. The molecule has 4 nitrogen and oxygen atoms in total. The highest BCUT2D eigenvalue weighted by molar-refractivity contribution is 7.98. The number of anilines is 1. The maximum atomic E-state index is 13.3. The van der Waals surface area contributed by atoms with Crippen molar-refractivity contribution < 1.29 is 14.3 Å². The van der Waals surface area contributed by atoms with Crippen molar-refractivity contribution in [3.8, 4) is 0 Å². The van der Waals surface area contributed by atoms with Gasteiger partial charge >= 0.3 is 5.97 Å². The van der Waals surface area contributed by atoms with Crippen molar-refractivity contribution in [2.75, 3.05) is 18.3 Å². The number of esters is 1. The third-order valence-corrected chi connectivity index (χ3v) is 5.94. The molecule has 0 saturated heterocycles. The van der Waals surface area contributed by atoms with Gasteiger partial charge in [0.05, 0.1) is 34.0 Å². The summed E-state index contributed by atoms with van der Waals surface area (Å²) in [6.45, 7) is 1.72. The molecule has 2 aromatic rings. The summed E-state index contributed by atoms with van der Waals surface area (Å²) in [5.41, 5.74) is 2.14. The molecule has 0 aromatic heterocycles. The highest BCUT2D eigenvalue weighted by Crippen LogP contribution is 2.37. The molecular weight excluding hydrogens is 417 g/mol. The predicted octanol–water partition coefficient (Wildman–Crippen LogP) is 5.59. The predicted molar refractivity (Wildman–Crippen MR) is 115 cm³/mol. The molecule has 0 fully saturated rings. The van der Waals surface area contributed by atoms with Crippen LogP contribution in [0.3, 0.4) is 0 Å². The second-order valence-corrected chi connectivity index (χ2v) is 7.66. The first kappa shape index (κ1) is 20.5. The first-order valence-electron chi connectivity index (χ1n) is 8.32.